The molecule has 0 amide bonds. The number of nitrogens with zero attached hydrogens (tertiary/aromatic N) is 1. The van der Waals surface area contributed by atoms with Gasteiger partial charge in [-0.1, -0.05) is 0 Å². The van der Waals surface area contributed by atoms with Crippen molar-refractivity contribution in [3.8, 4) is 0 Å². The molecular weight excluding hydrogens is 304 g/mol. The van der Waals surface area contributed by atoms with Gasteiger partial charge in [-0.25, -0.2) is 13.4 Å². The summed E-state index contributed by atoms with van der Waals surface area (Å²) < 4.78 is 23.7. The number of pyridine rings is 1. The Morgan fingerprint density at radius 3 is 2.23 bits per heavy atom. The van der Waals surface area contributed by atoms with Gasteiger partial charge >= 0.3 is 5.97 Å². The van der Waals surface area contributed by atoms with Gasteiger partial charge in [0.25, 0.3) is 0 Å². The number of sulfone groups is 1. The van der Waals surface area contributed by atoms with Gasteiger partial charge in [0, 0.05) is 12.0 Å². The van der Waals surface area contributed by atoms with Gasteiger partial charge in [0.2, 0.25) is 0 Å². The van der Waals surface area contributed by atoms with E-state index in [0.717, 1.165) is 0 Å². The van der Waals surface area contributed by atoms with E-state index in [1.165, 1.54) is 12.3 Å². The SMILES string of the molecule is CC(C)(CCC(=O)O)Nc1ccc(S(=O)(=O)C(C)(C)C)nc1. The van der Waals surface area contributed by atoms with Crippen LogP contribution < -0.4 is 5.32 Å². The van der Waals surface area contributed by atoms with Crippen LogP contribution in [0.15, 0.2) is 23.4 Å². The predicted octanol–water partition coefficient (Wildman–Crippen LogP) is 2.71. The Hall–Kier alpha value is -1.63. The average Bonchev–Trinajstić information content (AvgIpc) is 2.35. The van der Waals surface area contributed by atoms with Gasteiger partial charge in [-0.2, -0.15) is 0 Å². The van der Waals surface area contributed by atoms with Crippen molar-refractivity contribution in [2.24, 2.45) is 0 Å². The van der Waals surface area contributed by atoms with E-state index in [9.17, 15) is 13.2 Å². The lowest BCUT2D eigenvalue weighted by molar-refractivity contribution is -0.137. The lowest BCUT2D eigenvalue weighted by atomic mass is 9.98. The minimum absolute atomic E-state index is 0.0360. The van der Waals surface area contributed by atoms with Crippen molar-refractivity contribution in [2.75, 3.05) is 5.32 Å². The van der Waals surface area contributed by atoms with Crippen molar-refractivity contribution in [3.05, 3.63) is 18.3 Å². The number of carboxylic acids is 1. The zero-order chi connectivity index (χ0) is 17.2. The van der Waals surface area contributed by atoms with Crippen molar-refractivity contribution in [3.63, 3.8) is 0 Å². The highest BCUT2D eigenvalue weighted by Gasteiger charge is 2.32. The fourth-order valence-electron chi connectivity index (χ4n) is 1.80. The minimum atomic E-state index is -3.47. The Labute approximate surface area is 131 Å². The Kier molecular flexibility index (Phi) is 5.22. The molecule has 0 atom stereocenters. The molecule has 0 radical (unpaired) electrons. The van der Waals surface area contributed by atoms with Gasteiger partial charge in [0.1, 0.15) is 0 Å². The third-order valence-electron chi connectivity index (χ3n) is 3.26. The van der Waals surface area contributed by atoms with E-state index in [1.54, 1.807) is 26.8 Å². The molecule has 0 aliphatic heterocycles. The summed E-state index contributed by atoms with van der Waals surface area (Å²) in [6.07, 6.45) is 1.97. The van der Waals surface area contributed by atoms with Gasteiger partial charge in [-0.05, 0) is 53.2 Å². The summed E-state index contributed by atoms with van der Waals surface area (Å²) in [5, 5.41) is 11.9. The lowest BCUT2D eigenvalue weighted by Crippen LogP contribution is -2.32. The van der Waals surface area contributed by atoms with Crippen molar-refractivity contribution >= 4 is 21.5 Å². The summed E-state index contributed by atoms with van der Waals surface area (Å²) in [6, 6.07) is 3.12. The first-order valence-electron chi connectivity index (χ1n) is 7.06. The number of hydrogen-bond donors (Lipinski definition) is 2. The summed E-state index contributed by atoms with van der Waals surface area (Å²) in [7, 11) is -3.47. The van der Waals surface area contributed by atoms with Gasteiger partial charge in [-0.3, -0.25) is 4.79 Å². The summed E-state index contributed by atoms with van der Waals surface area (Å²) >= 11 is 0. The fourth-order valence-corrected chi connectivity index (χ4v) is 2.87. The maximum Gasteiger partial charge on any atom is 0.303 e. The number of rotatable bonds is 6. The molecule has 0 aromatic carbocycles. The molecular formula is C15H24N2O4S. The number of aliphatic carboxylic acids is 1. The lowest BCUT2D eigenvalue weighted by Gasteiger charge is -2.27. The number of nitrogens with one attached hydrogen (secondary N) is 1. The monoisotopic (exact) mass is 328 g/mol. The van der Waals surface area contributed by atoms with E-state index in [2.05, 4.69) is 10.3 Å². The Bertz CT molecular complexity index is 629. The Morgan fingerprint density at radius 1 is 1.23 bits per heavy atom. The molecule has 6 nitrogen and oxygen atoms in total. The number of aromatic nitrogens is 1. The molecule has 22 heavy (non-hydrogen) atoms. The maximum absolute atomic E-state index is 12.3. The molecule has 124 valence electrons. The summed E-state index contributed by atoms with van der Waals surface area (Å²) in [4.78, 5) is 14.7. The number of anilines is 1. The van der Waals surface area contributed by atoms with Gasteiger partial charge in [-0.15, -0.1) is 0 Å². The molecule has 0 bridgehead atoms. The minimum Gasteiger partial charge on any atom is -0.481 e. The highest BCUT2D eigenvalue weighted by atomic mass is 32.2. The molecule has 1 aromatic rings. The molecule has 0 saturated heterocycles. The number of carboxylic acid groups (broad SMARTS) is 1. The van der Waals surface area contributed by atoms with E-state index < -0.39 is 26.1 Å². The molecule has 1 rings (SSSR count). The van der Waals surface area contributed by atoms with Crippen LogP contribution in [0.1, 0.15) is 47.5 Å². The average molecular weight is 328 g/mol. The highest BCUT2D eigenvalue weighted by molar-refractivity contribution is 7.92. The van der Waals surface area contributed by atoms with Crippen LogP contribution in [0.4, 0.5) is 5.69 Å². The second kappa shape index (κ2) is 6.24. The second-order valence-corrected chi connectivity index (χ2v) is 9.55. The first kappa shape index (κ1) is 18.4. The number of carbonyl (C=O) groups is 1. The van der Waals surface area contributed by atoms with E-state index in [1.807, 2.05) is 13.8 Å². The molecule has 0 unspecified atom stereocenters. The molecule has 0 fully saturated rings. The van der Waals surface area contributed by atoms with E-state index in [0.29, 0.717) is 12.1 Å². The van der Waals surface area contributed by atoms with Gasteiger partial charge in [0.15, 0.2) is 14.9 Å². The fraction of sp³-hybridized carbons (Fsp3) is 0.600. The number of hydrogen-bond acceptors (Lipinski definition) is 5. The zero-order valence-electron chi connectivity index (χ0n) is 13.7. The highest BCUT2D eigenvalue weighted by Crippen LogP contribution is 2.25. The Balaban J connectivity index is 2.88. The topological polar surface area (TPSA) is 96.4 Å². The quantitative estimate of drug-likeness (QED) is 0.833. The summed E-state index contributed by atoms with van der Waals surface area (Å²) in [6.45, 7) is 8.66. The van der Waals surface area contributed by atoms with Crippen LogP contribution in [0, 0.1) is 0 Å². The zero-order valence-corrected chi connectivity index (χ0v) is 14.5. The van der Waals surface area contributed by atoms with E-state index in [4.69, 9.17) is 5.11 Å². The van der Waals surface area contributed by atoms with Crippen LogP contribution in [0.25, 0.3) is 0 Å². The van der Waals surface area contributed by atoms with Crippen molar-refractivity contribution in [2.45, 2.75) is 62.8 Å². The molecule has 0 aliphatic rings. The normalized spacial score (nSPS) is 13.0. The molecule has 2 N–H and O–H groups in total. The first-order chi connectivity index (χ1) is 9.85. The van der Waals surface area contributed by atoms with Crippen LogP contribution >= 0.6 is 0 Å². The van der Waals surface area contributed by atoms with Crippen LogP contribution in [-0.4, -0.2) is 34.8 Å². The van der Waals surface area contributed by atoms with Crippen LogP contribution in [0.3, 0.4) is 0 Å². The van der Waals surface area contributed by atoms with Crippen molar-refractivity contribution in [1.82, 2.24) is 4.98 Å². The van der Waals surface area contributed by atoms with Gasteiger partial charge < -0.3 is 10.4 Å². The molecule has 1 heterocycles. The first-order valence-corrected chi connectivity index (χ1v) is 8.54. The third kappa shape index (κ3) is 4.69. The largest absolute Gasteiger partial charge is 0.481 e. The van der Waals surface area contributed by atoms with Gasteiger partial charge in [0.05, 0.1) is 16.6 Å². The van der Waals surface area contributed by atoms with E-state index in [-0.39, 0.29) is 11.4 Å². The Morgan fingerprint density at radius 2 is 1.82 bits per heavy atom. The summed E-state index contributed by atoms with van der Waals surface area (Å²) in [5.41, 5.74) is 0.230. The third-order valence-corrected chi connectivity index (χ3v) is 5.67. The molecule has 0 spiro atoms. The molecule has 7 heteroatoms. The second-order valence-electron chi connectivity index (χ2n) is 6.90. The standard InChI is InChI=1S/C15H24N2O4S/c1-14(2,3)22(20,21)12-7-6-11(10-16-12)17-15(4,5)9-8-13(18)19/h6-7,10,17H,8-9H2,1-5H3,(H,18,19). The van der Waals surface area contributed by atoms with Crippen molar-refractivity contribution < 1.29 is 18.3 Å². The van der Waals surface area contributed by atoms with E-state index >= 15 is 0 Å². The van der Waals surface area contributed by atoms with Crippen LogP contribution in [0.2, 0.25) is 0 Å². The van der Waals surface area contributed by atoms with Crippen LogP contribution in [-0.2, 0) is 14.6 Å². The maximum atomic E-state index is 12.3. The molecule has 1 aromatic heterocycles. The predicted molar refractivity (Wildman–Crippen MR) is 85.7 cm³/mol. The van der Waals surface area contributed by atoms with Crippen LogP contribution in [0.5, 0.6) is 0 Å². The molecule has 0 aliphatic carbocycles. The van der Waals surface area contributed by atoms with Crippen molar-refractivity contribution in [1.29, 1.82) is 0 Å². The smallest absolute Gasteiger partial charge is 0.303 e. The summed E-state index contributed by atoms with van der Waals surface area (Å²) in [5.74, 6) is -0.848. The molecule has 0 saturated carbocycles.